The van der Waals surface area contributed by atoms with E-state index in [2.05, 4.69) is 10.6 Å². The van der Waals surface area contributed by atoms with Gasteiger partial charge in [0.05, 0.1) is 12.6 Å². The van der Waals surface area contributed by atoms with Crippen LogP contribution in [0.15, 0.2) is 0 Å². The van der Waals surface area contributed by atoms with Crippen molar-refractivity contribution in [1.82, 2.24) is 10.6 Å². The van der Waals surface area contributed by atoms with Crippen LogP contribution >= 0.6 is 12.4 Å². The van der Waals surface area contributed by atoms with Gasteiger partial charge in [-0.25, -0.2) is 8.78 Å². The van der Waals surface area contributed by atoms with E-state index in [4.69, 9.17) is 0 Å². The van der Waals surface area contributed by atoms with E-state index < -0.39 is 12.0 Å². The number of rotatable bonds is 2. The largest absolute Gasteiger partial charge is 0.352 e. The van der Waals surface area contributed by atoms with E-state index in [1.807, 2.05) is 6.92 Å². The Morgan fingerprint density at radius 2 is 2.13 bits per heavy atom. The summed E-state index contributed by atoms with van der Waals surface area (Å²) in [7, 11) is 0. The molecule has 15 heavy (non-hydrogen) atoms. The molecule has 0 aromatic heterocycles. The predicted molar refractivity (Wildman–Crippen MR) is 54.3 cm³/mol. The van der Waals surface area contributed by atoms with Gasteiger partial charge in [0.2, 0.25) is 5.91 Å². The molecule has 0 radical (unpaired) electrons. The van der Waals surface area contributed by atoms with Gasteiger partial charge in [-0.2, -0.15) is 0 Å². The fourth-order valence-corrected chi connectivity index (χ4v) is 1.71. The Bertz CT molecular complexity index is 262. The molecule has 0 spiro atoms. The summed E-state index contributed by atoms with van der Waals surface area (Å²) in [5, 5.41) is 5.28. The Hall–Kier alpha value is -0.420. The number of carbonyl (C=O) groups is 1. The van der Waals surface area contributed by atoms with Crippen LogP contribution in [0, 0.1) is 5.92 Å². The maximum absolute atomic E-state index is 12.7. The fraction of sp³-hybridized carbons (Fsp3) is 0.889. The normalized spacial score (nSPS) is 36.9. The van der Waals surface area contributed by atoms with Crippen LogP contribution in [0.3, 0.4) is 0 Å². The Balaban J connectivity index is 0.00000112. The maximum atomic E-state index is 12.7. The van der Waals surface area contributed by atoms with Gasteiger partial charge in [0.15, 0.2) is 0 Å². The van der Waals surface area contributed by atoms with Gasteiger partial charge in [0, 0.05) is 12.5 Å². The van der Waals surface area contributed by atoms with E-state index in [1.165, 1.54) is 0 Å². The van der Waals surface area contributed by atoms with Gasteiger partial charge in [0.1, 0.15) is 0 Å². The van der Waals surface area contributed by atoms with Crippen molar-refractivity contribution >= 4 is 18.3 Å². The molecule has 1 saturated heterocycles. The molecule has 2 aliphatic rings. The van der Waals surface area contributed by atoms with E-state index in [0.717, 1.165) is 6.42 Å². The highest BCUT2D eigenvalue weighted by atomic mass is 35.5. The van der Waals surface area contributed by atoms with Crippen molar-refractivity contribution in [2.24, 2.45) is 5.92 Å². The lowest BCUT2D eigenvalue weighted by Gasteiger charge is -2.10. The first kappa shape index (κ1) is 12.6. The van der Waals surface area contributed by atoms with Gasteiger partial charge in [-0.3, -0.25) is 10.1 Å². The summed E-state index contributed by atoms with van der Waals surface area (Å²) in [5.41, 5.74) is 0. The van der Waals surface area contributed by atoms with Crippen molar-refractivity contribution in [2.75, 3.05) is 6.54 Å². The van der Waals surface area contributed by atoms with E-state index in [9.17, 15) is 13.6 Å². The molecule has 1 aliphatic carbocycles. The topological polar surface area (TPSA) is 41.1 Å². The van der Waals surface area contributed by atoms with Crippen LogP contribution in [-0.4, -0.2) is 30.5 Å². The number of alkyl halides is 2. The highest BCUT2D eigenvalue weighted by Crippen LogP contribution is 2.30. The molecular formula is C9H15ClF2N2O. The third-order valence-electron chi connectivity index (χ3n) is 2.86. The molecule has 0 aromatic rings. The standard InChI is InChI=1S/C9H14F2N2O.ClH/c1-5-2-6(5)13-8(14)7-3-9(10,11)4-12-7;/h5-7,12H,2-4H2,1H3,(H,13,14);1H. The molecule has 1 aliphatic heterocycles. The van der Waals surface area contributed by atoms with Crippen LogP contribution in [-0.2, 0) is 4.79 Å². The molecule has 3 atom stereocenters. The number of amides is 1. The maximum Gasteiger partial charge on any atom is 0.262 e. The zero-order chi connectivity index (χ0) is 10.3. The molecule has 1 saturated carbocycles. The van der Waals surface area contributed by atoms with Crippen molar-refractivity contribution in [2.45, 2.75) is 37.8 Å². The predicted octanol–water partition coefficient (Wildman–Crippen LogP) is 0.930. The summed E-state index contributed by atoms with van der Waals surface area (Å²) in [6.07, 6.45) is 0.592. The van der Waals surface area contributed by atoms with Crippen molar-refractivity contribution in [3.8, 4) is 0 Å². The summed E-state index contributed by atoms with van der Waals surface area (Å²) in [5.74, 6) is -2.51. The van der Waals surface area contributed by atoms with E-state index in [1.54, 1.807) is 0 Å². The highest BCUT2D eigenvalue weighted by Gasteiger charge is 2.44. The molecule has 3 unspecified atom stereocenters. The van der Waals surface area contributed by atoms with Crippen LogP contribution in [0.2, 0.25) is 0 Å². The molecular weight excluding hydrogens is 226 g/mol. The molecule has 6 heteroatoms. The van der Waals surface area contributed by atoms with Crippen LogP contribution in [0.4, 0.5) is 8.78 Å². The first-order valence-corrected chi connectivity index (χ1v) is 4.89. The SMILES string of the molecule is CC1CC1NC(=O)C1CC(F)(F)CN1.Cl. The average molecular weight is 241 g/mol. The van der Waals surface area contributed by atoms with Crippen LogP contribution < -0.4 is 10.6 Å². The summed E-state index contributed by atoms with van der Waals surface area (Å²) < 4.78 is 25.5. The van der Waals surface area contributed by atoms with Crippen molar-refractivity contribution in [3.63, 3.8) is 0 Å². The lowest BCUT2D eigenvalue weighted by atomic mass is 10.2. The van der Waals surface area contributed by atoms with Crippen LogP contribution in [0.25, 0.3) is 0 Å². The molecule has 2 N–H and O–H groups in total. The van der Waals surface area contributed by atoms with Gasteiger partial charge < -0.3 is 5.32 Å². The molecule has 88 valence electrons. The zero-order valence-electron chi connectivity index (χ0n) is 8.43. The quantitative estimate of drug-likeness (QED) is 0.754. The van der Waals surface area contributed by atoms with Crippen LogP contribution in [0.5, 0.6) is 0 Å². The Labute approximate surface area is 93.4 Å². The summed E-state index contributed by atoms with van der Waals surface area (Å²) in [4.78, 5) is 11.4. The molecule has 2 rings (SSSR count). The minimum atomic E-state index is -2.73. The number of hydrogen-bond acceptors (Lipinski definition) is 2. The Morgan fingerprint density at radius 1 is 1.53 bits per heavy atom. The molecule has 0 bridgehead atoms. The lowest BCUT2D eigenvalue weighted by Crippen LogP contribution is -2.41. The summed E-state index contributed by atoms with van der Waals surface area (Å²) >= 11 is 0. The number of hydrogen-bond donors (Lipinski definition) is 2. The van der Waals surface area contributed by atoms with Crippen molar-refractivity contribution in [3.05, 3.63) is 0 Å². The average Bonchev–Trinajstić information content (AvgIpc) is 2.60. The van der Waals surface area contributed by atoms with Gasteiger partial charge in [-0.15, -0.1) is 12.4 Å². The Morgan fingerprint density at radius 3 is 2.53 bits per heavy atom. The fourth-order valence-electron chi connectivity index (χ4n) is 1.71. The van der Waals surface area contributed by atoms with Crippen LogP contribution in [0.1, 0.15) is 19.8 Å². The van der Waals surface area contributed by atoms with E-state index in [0.29, 0.717) is 5.92 Å². The first-order chi connectivity index (χ1) is 6.48. The molecule has 1 heterocycles. The number of nitrogens with one attached hydrogen (secondary N) is 2. The molecule has 0 aromatic carbocycles. The van der Waals surface area contributed by atoms with Gasteiger partial charge in [0.25, 0.3) is 5.92 Å². The Kier molecular flexibility index (Phi) is 3.55. The molecule has 2 fully saturated rings. The lowest BCUT2D eigenvalue weighted by molar-refractivity contribution is -0.123. The zero-order valence-corrected chi connectivity index (χ0v) is 9.24. The second-order valence-electron chi connectivity index (χ2n) is 4.32. The van der Waals surface area contributed by atoms with Crippen molar-refractivity contribution in [1.29, 1.82) is 0 Å². The summed E-state index contributed by atoms with van der Waals surface area (Å²) in [6, 6.07) is -0.503. The highest BCUT2D eigenvalue weighted by molar-refractivity contribution is 5.85. The molecule has 3 nitrogen and oxygen atoms in total. The third-order valence-corrected chi connectivity index (χ3v) is 2.86. The number of carbonyl (C=O) groups excluding carboxylic acids is 1. The molecule has 1 amide bonds. The minimum absolute atomic E-state index is 0. The van der Waals surface area contributed by atoms with E-state index >= 15 is 0 Å². The van der Waals surface area contributed by atoms with Gasteiger partial charge >= 0.3 is 0 Å². The van der Waals surface area contributed by atoms with Crippen molar-refractivity contribution < 1.29 is 13.6 Å². The number of halogens is 3. The monoisotopic (exact) mass is 240 g/mol. The van der Waals surface area contributed by atoms with E-state index in [-0.39, 0.29) is 37.3 Å². The minimum Gasteiger partial charge on any atom is -0.352 e. The third kappa shape index (κ3) is 3.01. The second kappa shape index (κ2) is 4.22. The second-order valence-corrected chi connectivity index (χ2v) is 4.32. The van der Waals surface area contributed by atoms with Gasteiger partial charge in [-0.1, -0.05) is 6.92 Å². The smallest absolute Gasteiger partial charge is 0.262 e. The summed E-state index contributed by atoms with van der Waals surface area (Å²) in [6.45, 7) is 1.65. The van der Waals surface area contributed by atoms with Gasteiger partial charge in [-0.05, 0) is 12.3 Å². The first-order valence-electron chi connectivity index (χ1n) is 4.89.